The molecule has 1 N–H and O–H groups in total. The highest BCUT2D eigenvalue weighted by Gasteiger charge is 2.32. The number of ether oxygens (including phenoxy) is 2. The van der Waals surface area contributed by atoms with E-state index in [-0.39, 0.29) is 18.2 Å². The molecule has 2 aromatic rings. The molecule has 0 aliphatic carbocycles. The first-order valence-corrected chi connectivity index (χ1v) is 11.6. The lowest BCUT2D eigenvalue weighted by Crippen LogP contribution is -2.44. The zero-order chi connectivity index (χ0) is 21.7. The van der Waals surface area contributed by atoms with E-state index in [2.05, 4.69) is 5.32 Å². The van der Waals surface area contributed by atoms with Gasteiger partial charge in [-0.05, 0) is 42.7 Å². The summed E-state index contributed by atoms with van der Waals surface area (Å²) in [5.74, 6) is 0.299. The topological polar surface area (TPSA) is 84.9 Å². The number of hydrogen-bond acceptors (Lipinski definition) is 5. The predicted molar refractivity (Wildman–Crippen MR) is 117 cm³/mol. The Morgan fingerprint density at radius 2 is 1.90 bits per heavy atom. The number of sulfonamides is 1. The SMILES string of the molecule is COc1ccc(NC(=O)[C@H]2CCCN(S(=O)(=O)Cc3ccc(Cl)cc3)C2)c(OC)c1. The van der Waals surface area contributed by atoms with Crippen LogP contribution in [0.25, 0.3) is 0 Å². The summed E-state index contributed by atoms with van der Waals surface area (Å²) in [5.41, 5.74) is 1.18. The second-order valence-electron chi connectivity index (χ2n) is 7.14. The number of halogens is 1. The van der Waals surface area contributed by atoms with Gasteiger partial charge in [0, 0.05) is 24.2 Å². The first-order valence-electron chi connectivity index (χ1n) is 9.57. The summed E-state index contributed by atoms with van der Waals surface area (Å²) in [7, 11) is -0.482. The maximum Gasteiger partial charge on any atom is 0.228 e. The molecule has 162 valence electrons. The number of nitrogens with one attached hydrogen (secondary N) is 1. The fourth-order valence-corrected chi connectivity index (χ4v) is 5.16. The van der Waals surface area contributed by atoms with Crippen molar-refractivity contribution in [3.8, 4) is 11.5 Å². The van der Waals surface area contributed by atoms with Gasteiger partial charge in [-0.3, -0.25) is 4.79 Å². The van der Waals surface area contributed by atoms with Crippen LogP contribution in [0.15, 0.2) is 42.5 Å². The van der Waals surface area contributed by atoms with E-state index in [1.54, 1.807) is 49.6 Å². The molecule has 9 heteroatoms. The van der Waals surface area contributed by atoms with E-state index in [4.69, 9.17) is 21.1 Å². The van der Waals surface area contributed by atoms with E-state index < -0.39 is 15.9 Å². The number of carbonyl (C=O) groups is 1. The van der Waals surface area contributed by atoms with Crippen LogP contribution in [0, 0.1) is 5.92 Å². The number of methoxy groups -OCH3 is 2. The molecule has 1 amide bonds. The van der Waals surface area contributed by atoms with Crippen molar-refractivity contribution < 1.29 is 22.7 Å². The molecule has 2 aromatic carbocycles. The van der Waals surface area contributed by atoms with Crippen LogP contribution in [0.1, 0.15) is 18.4 Å². The highest BCUT2D eigenvalue weighted by atomic mass is 35.5. The molecule has 0 radical (unpaired) electrons. The Balaban J connectivity index is 1.68. The van der Waals surface area contributed by atoms with Crippen molar-refractivity contribution in [3.05, 3.63) is 53.1 Å². The second kappa shape index (κ2) is 9.68. The lowest BCUT2D eigenvalue weighted by Gasteiger charge is -2.31. The average Bonchev–Trinajstić information content (AvgIpc) is 2.75. The number of benzene rings is 2. The van der Waals surface area contributed by atoms with Crippen LogP contribution in [0.3, 0.4) is 0 Å². The molecular weight excluding hydrogens is 428 g/mol. The smallest absolute Gasteiger partial charge is 0.228 e. The fourth-order valence-electron chi connectivity index (χ4n) is 3.43. The average molecular weight is 453 g/mol. The molecule has 1 saturated heterocycles. The number of anilines is 1. The molecular formula is C21H25ClN2O5S. The van der Waals surface area contributed by atoms with Gasteiger partial charge in [0.05, 0.1) is 31.6 Å². The summed E-state index contributed by atoms with van der Waals surface area (Å²) in [4.78, 5) is 12.8. The summed E-state index contributed by atoms with van der Waals surface area (Å²) in [5, 5.41) is 3.41. The third-order valence-corrected chi connectivity index (χ3v) is 7.15. The molecule has 0 unspecified atom stereocenters. The number of carbonyl (C=O) groups excluding carboxylic acids is 1. The van der Waals surface area contributed by atoms with Gasteiger partial charge in [-0.15, -0.1) is 0 Å². The van der Waals surface area contributed by atoms with Crippen LogP contribution >= 0.6 is 11.6 Å². The van der Waals surface area contributed by atoms with Gasteiger partial charge in [-0.1, -0.05) is 23.7 Å². The Bertz CT molecular complexity index is 995. The van der Waals surface area contributed by atoms with Gasteiger partial charge in [0.1, 0.15) is 11.5 Å². The van der Waals surface area contributed by atoms with E-state index in [1.165, 1.54) is 11.4 Å². The highest BCUT2D eigenvalue weighted by Crippen LogP contribution is 2.30. The summed E-state index contributed by atoms with van der Waals surface area (Å²) in [6.07, 6.45) is 1.24. The fraction of sp³-hybridized carbons (Fsp3) is 0.381. The highest BCUT2D eigenvalue weighted by molar-refractivity contribution is 7.88. The summed E-state index contributed by atoms with van der Waals surface area (Å²) in [6.45, 7) is 0.561. The molecule has 0 bridgehead atoms. The van der Waals surface area contributed by atoms with Gasteiger partial charge in [0.15, 0.2) is 0 Å². The minimum atomic E-state index is -3.54. The summed E-state index contributed by atoms with van der Waals surface area (Å²) >= 11 is 5.87. The molecule has 1 aliphatic rings. The van der Waals surface area contributed by atoms with Crippen LogP contribution in [0.2, 0.25) is 5.02 Å². The molecule has 30 heavy (non-hydrogen) atoms. The van der Waals surface area contributed by atoms with Crippen molar-refractivity contribution in [2.24, 2.45) is 5.92 Å². The van der Waals surface area contributed by atoms with Crippen molar-refractivity contribution in [3.63, 3.8) is 0 Å². The molecule has 0 spiro atoms. The normalized spacial score (nSPS) is 17.4. The Morgan fingerprint density at radius 1 is 1.17 bits per heavy atom. The van der Waals surface area contributed by atoms with Crippen LogP contribution in [-0.2, 0) is 20.6 Å². The van der Waals surface area contributed by atoms with Gasteiger partial charge in [-0.2, -0.15) is 0 Å². The monoisotopic (exact) mass is 452 g/mol. The van der Waals surface area contributed by atoms with Crippen LogP contribution < -0.4 is 14.8 Å². The van der Waals surface area contributed by atoms with Crippen molar-refractivity contribution in [1.29, 1.82) is 0 Å². The van der Waals surface area contributed by atoms with Gasteiger partial charge in [0.25, 0.3) is 0 Å². The zero-order valence-electron chi connectivity index (χ0n) is 16.9. The third-order valence-electron chi connectivity index (χ3n) is 5.08. The van der Waals surface area contributed by atoms with Gasteiger partial charge < -0.3 is 14.8 Å². The number of piperidine rings is 1. The molecule has 1 heterocycles. The maximum absolute atomic E-state index is 12.9. The molecule has 1 fully saturated rings. The number of amides is 1. The molecule has 0 aromatic heterocycles. The second-order valence-corrected chi connectivity index (χ2v) is 9.54. The van der Waals surface area contributed by atoms with Crippen LogP contribution in [-0.4, -0.2) is 45.9 Å². The molecule has 1 atom stereocenters. The minimum absolute atomic E-state index is 0.120. The number of hydrogen-bond donors (Lipinski definition) is 1. The minimum Gasteiger partial charge on any atom is -0.497 e. The van der Waals surface area contributed by atoms with E-state index in [0.717, 1.165) is 0 Å². The molecule has 0 saturated carbocycles. The lowest BCUT2D eigenvalue weighted by atomic mass is 9.98. The zero-order valence-corrected chi connectivity index (χ0v) is 18.5. The summed E-state index contributed by atoms with van der Waals surface area (Å²) < 4.78 is 37.6. The number of nitrogens with zero attached hydrogens (tertiary/aromatic N) is 1. The Hall–Kier alpha value is -2.29. The quantitative estimate of drug-likeness (QED) is 0.694. The predicted octanol–water partition coefficient (Wildman–Crippen LogP) is 3.54. The van der Waals surface area contributed by atoms with E-state index in [9.17, 15) is 13.2 Å². The van der Waals surface area contributed by atoms with E-state index >= 15 is 0 Å². The van der Waals surface area contributed by atoms with Crippen molar-refractivity contribution >= 4 is 33.2 Å². The van der Waals surface area contributed by atoms with Crippen LogP contribution in [0.5, 0.6) is 11.5 Å². The van der Waals surface area contributed by atoms with E-state index in [0.29, 0.717) is 47.2 Å². The van der Waals surface area contributed by atoms with Crippen LogP contribution in [0.4, 0.5) is 5.69 Å². The van der Waals surface area contributed by atoms with Gasteiger partial charge >= 0.3 is 0 Å². The lowest BCUT2D eigenvalue weighted by molar-refractivity contribution is -0.120. The van der Waals surface area contributed by atoms with Gasteiger partial charge in [0.2, 0.25) is 15.9 Å². The molecule has 1 aliphatic heterocycles. The first kappa shape index (κ1) is 22.4. The first-order chi connectivity index (χ1) is 14.3. The largest absolute Gasteiger partial charge is 0.497 e. The van der Waals surface area contributed by atoms with Gasteiger partial charge in [-0.25, -0.2) is 12.7 Å². The Morgan fingerprint density at radius 3 is 2.57 bits per heavy atom. The van der Waals surface area contributed by atoms with Crippen molar-refractivity contribution in [1.82, 2.24) is 4.31 Å². The Kier molecular flexibility index (Phi) is 7.23. The van der Waals surface area contributed by atoms with Crippen molar-refractivity contribution in [2.75, 3.05) is 32.6 Å². The molecule has 7 nitrogen and oxygen atoms in total. The van der Waals surface area contributed by atoms with E-state index in [1.807, 2.05) is 0 Å². The Labute approximate surface area is 182 Å². The summed E-state index contributed by atoms with van der Waals surface area (Å²) in [6, 6.07) is 11.8. The third kappa shape index (κ3) is 5.44. The number of rotatable bonds is 7. The standard InChI is InChI=1S/C21H25ClN2O5S/c1-28-18-9-10-19(20(12-18)29-2)23-21(25)16-4-3-11-24(13-16)30(26,27)14-15-5-7-17(22)8-6-15/h5-10,12,16H,3-4,11,13-14H2,1-2H3,(H,23,25)/t16-/m0/s1. The maximum atomic E-state index is 12.9. The van der Waals surface area contributed by atoms with Crippen molar-refractivity contribution in [2.45, 2.75) is 18.6 Å². The molecule has 3 rings (SSSR count).